The Hall–Kier alpha value is -1.59. The van der Waals surface area contributed by atoms with E-state index in [0.29, 0.717) is 13.0 Å². The maximum absolute atomic E-state index is 12.9. The lowest BCUT2D eigenvalue weighted by molar-refractivity contribution is -0.161. The van der Waals surface area contributed by atoms with E-state index in [2.05, 4.69) is 0 Å². The summed E-state index contributed by atoms with van der Waals surface area (Å²) in [6.07, 6.45) is -3.56. The van der Waals surface area contributed by atoms with Crippen LogP contribution in [0.25, 0.3) is 0 Å². The minimum absolute atomic E-state index is 0.0368. The zero-order chi connectivity index (χ0) is 15.5. The van der Waals surface area contributed by atoms with Crippen molar-refractivity contribution in [2.45, 2.75) is 37.8 Å². The fraction of sp³-hybridized carbons (Fsp3) is 0.533. The summed E-state index contributed by atoms with van der Waals surface area (Å²) >= 11 is 0. The van der Waals surface area contributed by atoms with Crippen molar-refractivity contribution in [2.75, 3.05) is 13.1 Å². The van der Waals surface area contributed by atoms with E-state index >= 15 is 0 Å². The molecule has 0 unspecified atom stereocenters. The molecule has 6 heteroatoms. The van der Waals surface area contributed by atoms with Gasteiger partial charge < -0.3 is 4.90 Å². The van der Waals surface area contributed by atoms with Gasteiger partial charge in [0, 0.05) is 19.0 Å². The average molecular weight is 303 g/mol. The van der Waals surface area contributed by atoms with Crippen molar-refractivity contribution in [2.24, 2.45) is 0 Å². The summed E-state index contributed by atoms with van der Waals surface area (Å²) in [6.45, 7) is 0.618. The lowest BCUT2D eigenvalue weighted by Gasteiger charge is -2.25. The predicted molar refractivity (Wildman–Crippen MR) is 70.2 cm³/mol. The van der Waals surface area contributed by atoms with Crippen LogP contribution in [-0.2, 0) is 4.79 Å². The number of hydrogen-bond acceptors (Lipinski definition) is 1. The van der Waals surface area contributed by atoms with Crippen molar-refractivity contribution >= 4 is 5.91 Å². The van der Waals surface area contributed by atoms with Gasteiger partial charge in [0.1, 0.15) is 12.2 Å². The summed E-state index contributed by atoms with van der Waals surface area (Å²) in [6, 6.07) is 5.94. The number of halogens is 4. The van der Waals surface area contributed by atoms with Crippen LogP contribution in [0.4, 0.5) is 17.6 Å². The SMILES string of the molecule is O=C(CC(F)(F)F)N1CCCC[C@@H](c2ccc(F)cc2)C1. The first kappa shape index (κ1) is 15.8. The third-order valence-electron chi connectivity index (χ3n) is 3.72. The molecular formula is C15H17F4NO. The molecule has 1 saturated heterocycles. The van der Waals surface area contributed by atoms with Crippen LogP contribution in [0.1, 0.15) is 37.2 Å². The summed E-state index contributed by atoms with van der Waals surface area (Å²) in [5, 5.41) is 0. The molecule has 1 aliphatic rings. The highest BCUT2D eigenvalue weighted by Crippen LogP contribution is 2.28. The van der Waals surface area contributed by atoms with Gasteiger partial charge in [0.25, 0.3) is 0 Å². The number of likely N-dealkylation sites (tertiary alicyclic amines) is 1. The highest BCUT2D eigenvalue weighted by atomic mass is 19.4. The number of carbonyl (C=O) groups is 1. The Kier molecular flexibility index (Phi) is 4.85. The Bertz CT molecular complexity index is 483. The number of amides is 1. The summed E-state index contributed by atoms with van der Waals surface area (Å²) < 4.78 is 49.9. The van der Waals surface area contributed by atoms with E-state index < -0.39 is 18.5 Å². The van der Waals surface area contributed by atoms with E-state index in [-0.39, 0.29) is 18.3 Å². The largest absolute Gasteiger partial charge is 0.397 e. The topological polar surface area (TPSA) is 20.3 Å². The third-order valence-corrected chi connectivity index (χ3v) is 3.72. The molecule has 1 aliphatic heterocycles. The molecule has 2 nitrogen and oxygen atoms in total. The highest BCUT2D eigenvalue weighted by Gasteiger charge is 2.34. The zero-order valence-electron chi connectivity index (χ0n) is 11.5. The van der Waals surface area contributed by atoms with E-state index in [4.69, 9.17) is 0 Å². The van der Waals surface area contributed by atoms with Crippen LogP contribution in [0.15, 0.2) is 24.3 Å². The second kappa shape index (κ2) is 6.45. The summed E-state index contributed by atoms with van der Waals surface area (Å²) in [4.78, 5) is 13.0. The smallest absolute Gasteiger partial charge is 0.342 e. The van der Waals surface area contributed by atoms with E-state index in [1.165, 1.54) is 17.0 Å². The number of hydrogen-bond donors (Lipinski definition) is 0. The molecule has 2 rings (SSSR count). The molecule has 1 atom stereocenters. The molecule has 1 aromatic rings. The van der Waals surface area contributed by atoms with E-state index in [0.717, 1.165) is 18.4 Å². The fourth-order valence-electron chi connectivity index (χ4n) is 2.66. The molecule has 116 valence electrons. The molecule has 0 aliphatic carbocycles. The van der Waals surface area contributed by atoms with Gasteiger partial charge in [0.15, 0.2) is 0 Å². The van der Waals surface area contributed by atoms with E-state index in [1.54, 1.807) is 12.1 Å². The first-order valence-corrected chi connectivity index (χ1v) is 6.95. The molecule has 1 heterocycles. The third kappa shape index (κ3) is 4.72. The lowest BCUT2D eigenvalue weighted by atomic mass is 9.94. The number of alkyl halides is 3. The van der Waals surface area contributed by atoms with Crippen molar-refractivity contribution in [3.05, 3.63) is 35.6 Å². The number of rotatable bonds is 2. The minimum atomic E-state index is -4.48. The van der Waals surface area contributed by atoms with Crippen molar-refractivity contribution < 1.29 is 22.4 Å². The van der Waals surface area contributed by atoms with Crippen LogP contribution in [0.3, 0.4) is 0 Å². The van der Waals surface area contributed by atoms with Crippen molar-refractivity contribution in [3.8, 4) is 0 Å². The Morgan fingerprint density at radius 3 is 2.48 bits per heavy atom. The average Bonchev–Trinajstić information content (AvgIpc) is 2.63. The molecule has 0 N–H and O–H groups in total. The van der Waals surface area contributed by atoms with Crippen LogP contribution >= 0.6 is 0 Å². The van der Waals surface area contributed by atoms with Crippen molar-refractivity contribution in [1.82, 2.24) is 4.90 Å². The minimum Gasteiger partial charge on any atom is -0.342 e. The molecule has 21 heavy (non-hydrogen) atoms. The van der Waals surface area contributed by atoms with Crippen LogP contribution in [-0.4, -0.2) is 30.1 Å². The molecule has 0 saturated carbocycles. The van der Waals surface area contributed by atoms with Crippen LogP contribution < -0.4 is 0 Å². The highest BCUT2D eigenvalue weighted by molar-refractivity contribution is 5.77. The molecule has 1 fully saturated rings. The second-order valence-electron chi connectivity index (χ2n) is 5.38. The normalized spacial score (nSPS) is 20.2. The number of nitrogens with zero attached hydrogens (tertiary/aromatic N) is 1. The van der Waals surface area contributed by atoms with Gasteiger partial charge in [-0.1, -0.05) is 18.6 Å². The van der Waals surface area contributed by atoms with Gasteiger partial charge in [-0.15, -0.1) is 0 Å². The van der Waals surface area contributed by atoms with Gasteiger partial charge in [-0.2, -0.15) is 13.2 Å². The Morgan fingerprint density at radius 1 is 1.19 bits per heavy atom. The molecule has 1 amide bonds. The van der Waals surface area contributed by atoms with Gasteiger partial charge in [0.2, 0.25) is 5.91 Å². The van der Waals surface area contributed by atoms with Crippen LogP contribution in [0.5, 0.6) is 0 Å². The summed E-state index contributed by atoms with van der Waals surface area (Å²) in [5.74, 6) is -1.26. The fourth-order valence-corrected chi connectivity index (χ4v) is 2.66. The van der Waals surface area contributed by atoms with Gasteiger partial charge in [-0.25, -0.2) is 4.39 Å². The standard InChI is InChI=1S/C15H17F4NO/c16-13-6-4-11(5-7-13)12-3-1-2-8-20(10-12)14(21)9-15(17,18)19/h4-7,12H,1-3,8-10H2/t12-/m1/s1. The second-order valence-corrected chi connectivity index (χ2v) is 5.38. The molecular weight excluding hydrogens is 286 g/mol. The number of carbonyl (C=O) groups excluding carboxylic acids is 1. The van der Waals surface area contributed by atoms with Crippen LogP contribution in [0.2, 0.25) is 0 Å². The predicted octanol–water partition coefficient (Wildman–Crippen LogP) is 3.87. The maximum Gasteiger partial charge on any atom is 0.397 e. The number of benzene rings is 1. The summed E-state index contributed by atoms with van der Waals surface area (Å²) in [5.41, 5.74) is 0.864. The van der Waals surface area contributed by atoms with Gasteiger partial charge in [-0.3, -0.25) is 4.79 Å². The Morgan fingerprint density at radius 2 is 1.86 bits per heavy atom. The van der Waals surface area contributed by atoms with Gasteiger partial charge in [-0.05, 0) is 30.5 Å². The zero-order valence-corrected chi connectivity index (χ0v) is 11.5. The van der Waals surface area contributed by atoms with Crippen LogP contribution in [0, 0.1) is 5.82 Å². The molecule has 0 radical (unpaired) electrons. The van der Waals surface area contributed by atoms with E-state index in [9.17, 15) is 22.4 Å². The molecule has 1 aromatic carbocycles. The van der Waals surface area contributed by atoms with Gasteiger partial charge >= 0.3 is 6.18 Å². The Balaban J connectivity index is 2.07. The Labute approximate surface area is 120 Å². The monoisotopic (exact) mass is 303 g/mol. The van der Waals surface area contributed by atoms with Crippen molar-refractivity contribution in [3.63, 3.8) is 0 Å². The molecule has 0 bridgehead atoms. The first-order valence-electron chi connectivity index (χ1n) is 6.95. The lowest BCUT2D eigenvalue weighted by Crippen LogP contribution is -2.36. The molecule has 0 spiro atoms. The van der Waals surface area contributed by atoms with Crippen molar-refractivity contribution in [1.29, 1.82) is 0 Å². The summed E-state index contributed by atoms with van der Waals surface area (Å²) in [7, 11) is 0. The quantitative estimate of drug-likeness (QED) is 0.759. The van der Waals surface area contributed by atoms with E-state index in [1.807, 2.05) is 0 Å². The molecule has 0 aromatic heterocycles. The van der Waals surface area contributed by atoms with Gasteiger partial charge in [0.05, 0.1) is 0 Å². The first-order chi connectivity index (χ1) is 9.85. The maximum atomic E-state index is 12.9.